The molecule has 2 N–H and O–H groups in total. The maximum Gasteiger partial charge on any atom is 0.255 e. The van der Waals surface area contributed by atoms with Crippen LogP contribution in [0.3, 0.4) is 0 Å². The van der Waals surface area contributed by atoms with Crippen LogP contribution in [0.5, 0.6) is 0 Å². The second-order valence-corrected chi connectivity index (χ2v) is 7.79. The summed E-state index contributed by atoms with van der Waals surface area (Å²) in [7, 11) is 0. The van der Waals surface area contributed by atoms with Gasteiger partial charge in [0.2, 0.25) is 5.91 Å². The number of pyridine rings is 1. The molecule has 2 amide bonds. The Kier molecular flexibility index (Phi) is 5.97. The average Bonchev–Trinajstić information content (AvgIpc) is 2.55. The SMILES string of the molecule is CC(NC(=O)c1cnccc1NC(=O)C(C)(C)C)C1CCCCC1. The van der Waals surface area contributed by atoms with E-state index in [9.17, 15) is 9.59 Å². The Hall–Kier alpha value is -1.91. The maximum atomic E-state index is 12.6. The molecule has 5 nitrogen and oxygen atoms in total. The monoisotopic (exact) mass is 331 g/mol. The van der Waals surface area contributed by atoms with Gasteiger partial charge < -0.3 is 10.6 Å². The van der Waals surface area contributed by atoms with Gasteiger partial charge in [0.1, 0.15) is 0 Å². The topological polar surface area (TPSA) is 71.1 Å². The number of nitrogens with zero attached hydrogens (tertiary/aromatic N) is 1. The van der Waals surface area contributed by atoms with Gasteiger partial charge in [0.05, 0.1) is 11.3 Å². The lowest BCUT2D eigenvalue weighted by Gasteiger charge is -2.28. The molecule has 0 spiro atoms. The molecule has 0 aliphatic heterocycles. The molecule has 0 bridgehead atoms. The van der Waals surface area contributed by atoms with Crippen LogP contribution in [0.15, 0.2) is 18.5 Å². The Bertz CT molecular complexity index is 587. The lowest BCUT2D eigenvalue weighted by atomic mass is 9.84. The molecule has 1 aromatic heterocycles. The van der Waals surface area contributed by atoms with Gasteiger partial charge in [-0.05, 0) is 31.7 Å². The summed E-state index contributed by atoms with van der Waals surface area (Å²) in [6.45, 7) is 7.59. The molecule has 1 unspecified atom stereocenters. The van der Waals surface area contributed by atoms with Gasteiger partial charge in [0.15, 0.2) is 0 Å². The highest BCUT2D eigenvalue weighted by atomic mass is 16.2. The van der Waals surface area contributed by atoms with Crippen LogP contribution in [0.4, 0.5) is 5.69 Å². The number of carbonyl (C=O) groups is 2. The van der Waals surface area contributed by atoms with Crippen molar-refractivity contribution in [3.8, 4) is 0 Å². The molecule has 132 valence electrons. The van der Waals surface area contributed by atoms with Crippen LogP contribution in [0, 0.1) is 11.3 Å². The molecular formula is C19H29N3O2. The Morgan fingerprint density at radius 3 is 2.50 bits per heavy atom. The van der Waals surface area contributed by atoms with E-state index < -0.39 is 5.41 Å². The second kappa shape index (κ2) is 7.77. The minimum atomic E-state index is -0.521. The van der Waals surface area contributed by atoms with E-state index in [1.807, 2.05) is 20.8 Å². The lowest BCUT2D eigenvalue weighted by molar-refractivity contribution is -0.123. The van der Waals surface area contributed by atoms with Crippen LogP contribution in [0.25, 0.3) is 0 Å². The molecule has 0 radical (unpaired) electrons. The van der Waals surface area contributed by atoms with Crippen molar-refractivity contribution in [1.82, 2.24) is 10.3 Å². The smallest absolute Gasteiger partial charge is 0.255 e. The Morgan fingerprint density at radius 2 is 1.88 bits per heavy atom. The van der Waals surface area contributed by atoms with Gasteiger partial charge in [-0.3, -0.25) is 14.6 Å². The van der Waals surface area contributed by atoms with Crippen molar-refractivity contribution < 1.29 is 9.59 Å². The van der Waals surface area contributed by atoms with E-state index in [1.54, 1.807) is 12.3 Å². The second-order valence-electron chi connectivity index (χ2n) is 7.79. The van der Waals surface area contributed by atoms with Gasteiger partial charge in [0, 0.05) is 23.9 Å². The number of carbonyl (C=O) groups excluding carboxylic acids is 2. The maximum absolute atomic E-state index is 12.6. The molecule has 0 saturated heterocycles. The summed E-state index contributed by atoms with van der Waals surface area (Å²) in [4.78, 5) is 28.9. The first-order valence-corrected chi connectivity index (χ1v) is 8.85. The molecule has 2 rings (SSSR count). The third-order valence-corrected chi connectivity index (χ3v) is 4.71. The fourth-order valence-electron chi connectivity index (χ4n) is 3.03. The Balaban J connectivity index is 2.07. The predicted molar refractivity (Wildman–Crippen MR) is 95.8 cm³/mol. The van der Waals surface area contributed by atoms with Crippen LogP contribution in [-0.2, 0) is 4.79 Å². The molecule has 1 atom stereocenters. The summed E-state index contributed by atoms with van der Waals surface area (Å²) in [6, 6.07) is 1.80. The number of aromatic nitrogens is 1. The van der Waals surface area contributed by atoms with Crippen molar-refractivity contribution in [2.24, 2.45) is 11.3 Å². The summed E-state index contributed by atoms with van der Waals surface area (Å²) >= 11 is 0. The Labute approximate surface area is 144 Å². The fraction of sp³-hybridized carbons (Fsp3) is 0.632. The van der Waals surface area contributed by atoms with Gasteiger partial charge in [-0.15, -0.1) is 0 Å². The molecule has 1 heterocycles. The van der Waals surface area contributed by atoms with E-state index in [2.05, 4.69) is 22.5 Å². The van der Waals surface area contributed by atoms with Crippen molar-refractivity contribution in [3.63, 3.8) is 0 Å². The molecule has 1 aliphatic carbocycles. The summed E-state index contributed by atoms with van der Waals surface area (Å²) in [6.07, 6.45) is 9.21. The van der Waals surface area contributed by atoms with E-state index in [0.29, 0.717) is 17.2 Å². The van der Waals surface area contributed by atoms with Gasteiger partial charge in [-0.1, -0.05) is 40.0 Å². The third-order valence-electron chi connectivity index (χ3n) is 4.71. The van der Waals surface area contributed by atoms with Crippen LogP contribution < -0.4 is 10.6 Å². The van der Waals surface area contributed by atoms with Crippen LogP contribution in [-0.4, -0.2) is 22.8 Å². The molecule has 1 aliphatic rings. The first kappa shape index (κ1) is 18.4. The standard InChI is InChI=1S/C19H29N3O2/c1-13(14-8-6-5-7-9-14)21-17(23)15-12-20-11-10-16(15)22-18(24)19(2,3)4/h10-14H,5-9H2,1-4H3,(H,21,23)(H,20,22,24). The molecule has 0 aromatic carbocycles. The number of amides is 2. The molecule has 1 saturated carbocycles. The lowest BCUT2D eigenvalue weighted by Crippen LogP contribution is -2.39. The molecule has 24 heavy (non-hydrogen) atoms. The zero-order chi connectivity index (χ0) is 17.7. The fourth-order valence-corrected chi connectivity index (χ4v) is 3.03. The zero-order valence-electron chi connectivity index (χ0n) is 15.2. The Morgan fingerprint density at radius 1 is 1.21 bits per heavy atom. The van der Waals surface area contributed by atoms with Crippen molar-refractivity contribution in [3.05, 3.63) is 24.0 Å². The predicted octanol–water partition coefficient (Wildman–Crippen LogP) is 3.76. The van der Waals surface area contributed by atoms with Gasteiger partial charge >= 0.3 is 0 Å². The van der Waals surface area contributed by atoms with Crippen LogP contribution in [0.2, 0.25) is 0 Å². The van der Waals surface area contributed by atoms with Gasteiger partial charge in [-0.2, -0.15) is 0 Å². The normalized spacial score (nSPS) is 17.2. The number of rotatable bonds is 4. The summed E-state index contributed by atoms with van der Waals surface area (Å²) in [5.41, 5.74) is 0.405. The first-order chi connectivity index (χ1) is 11.3. The summed E-state index contributed by atoms with van der Waals surface area (Å²) in [5, 5.41) is 5.93. The number of anilines is 1. The molecule has 5 heteroatoms. The zero-order valence-corrected chi connectivity index (χ0v) is 15.2. The van der Waals surface area contributed by atoms with E-state index in [-0.39, 0.29) is 17.9 Å². The van der Waals surface area contributed by atoms with Crippen molar-refractivity contribution in [2.75, 3.05) is 5.32 Å². The minimum Gasteiger partial charge on any atom is -0.349 e. The quantitative estimate of drug-likeness (QED) is 0.882. The van der Waals surface area contributed by atoms with Gasteiger partial charge in [0.25, 0.3) is 5.91 Å². The highest BCUT2D eigenvalue weighted by Crippen LogP contribution is 2.27. The average molecular weight is 331 g/mol. The van der Waals surface area contributed by atoms with E-state index in [0.717, 1.165) is 0 Å². The van der Waals surface area contributed by atoms with E-state index in [1.165, 1.54) is 38.3 Å². The minimum absolute atomic E-state index is 0.122. The van der Waals surface area contributed by atoms with Crippen LogP contribution >= 0.6 is 0 Å². The first-order valence-electron chi connectivity index (χ1n) is 8.85. The van der Waals surface area contributed by atoms with Crippen LogP contribution in [0.1, 0.15) is 70.2 Å². The number of hydrogen-bond donors (Lipinski definition) is 2. The molecular weight excluding hydrogens is 302 g/mol. The number of hydrogen-bond acceptors (Lipinski definition) is 3. The number of nitrogens with one attached hydrogen (secondary N) is 2. The van der Waals surface area contributed by atoms with E-state index in [4.69, 9.17) is 0 Å². The molecule has 1 fully saturated rings. The van der Waals surface area contributed by atoms with Crippen molar-refractivity contribution in [1.29, 1.82) is 0 Å². The third kappa shape index (κ3) is 4.79. The highest BCUT2D eigenvalue weighted by Gasteiger charge is 2.25. The van der Waals surface area contributed by atoms with Crippen molar-refractivity contribution in [2.45, 2.75) is 65.8 Å². The summed E-state index contributed by atoms with van der Waals surface area (Å²) in [5.74, 6) is 0.237. The van der Waals surface area contributed by atoms with Gasteiger partial charge in [-0.25, -0.2) is 0 Å². The van der Waals surface area contributed by atoms with Crippen molar-refractivity contribution >= 4 is 17.5 Å². The highest BCUT2D eigenvalue weighted by molar-refractivity contribution is 6.04. The molecule has 1 aromatic rings. The van der Waals surface area contributed by atoms with E-state index >= 15 is 0 Å². The largest absolute Gasteiger partial charge is 0.349 e. The summed E-state index contributed by atoms with van der Waals surface area (Å²) < 4.78 is 0.